The van der Waals surface area contributed by atoms with Gasteiger partial charge in [0.15, 0.2) is 0 Å². The van der Waals surface area contributed by atoms with Gasteiger partial charge in [0.25, 0.3) is 0 Å². The van der Waals surface area contributed by atoms with Crippen molar-refractivity contribution in [3.8, 4) is 0 Å². The third-order valence-corrected chi connectivity index (χ3v) is 7.14. The third-order valence-electron chi connectivity index (χ3n) is 7.14. The second kappa shape index (κ2) is 7.82. The molecule has 2 aliphatic heterocycles. The topological polar surface area (TPSA) is 60.9 Å². The van der Waals surface area contributed by atoms with Crippen LogP contribution in [0.25, 0.3) is 0 Å². The molecule has 1 aromatic rings. The first-order chi connectivity index (χ1) is 13.5. The summed E-state index contributed by atoms with van der Waals surface area (Å²) in [4.78, 5) is 28.7. The second-order valence-corrected chi connectivity index (χ2v) is 8.82. The van der Waals surface area contributed by atoms with Gasteiger partial charge in [-0.05, 0) is 31.7 Å². The highest BCUT2D eigenvalue weighted by Crippen LogP contribution is 2.45. The smallest absolute Gasteiger partial charge is 0.308 e. The van der Waals surface area contributed by atoms with Crippen molar-refractivity contribution in [2.24, 2.45) is 17.3 Å². The Morgan fingerprint density at radius 2 is 1.82 bits per heavy atom. The van der Waals surface area contributed by atoms with Crippen LogP contribution in [0.15, 0.2) is 24.3 Å². The average molecular weight is 388 g/mol. The number of likely N-dealkylation sites (tertiary alicyclic amines) is 2. The first kappa shape index (κ1) is 19.4. The van der Waals surface area contributed by atoms with Crippen molar-refractivity contribution in [2.45, 2.75) is 45.1 Å². The van der Waals surface area contributed by atoms with Gasteiger partial charge < -0.3 is 10.0 Å². The van der Waals surface area contributed by atoms with E-state index in [4.69, 9.17) is 0 Å². The number of hydrogen-bond donors (Lipinski definition) is 1. The molecule has 4 rings (SSSR count). The molecule has 0 aromatic heterocycles. The fourth-order valence-corrected chi connectivity index (χ4v) is 5.51. The lowest BCUT2D eigenvalue weighted by Crippen LogP contribution is -2.49. The number of carboxylic acid groups (broad SMARTS) is 1. The molecule has 28 heavy (non-hydrogen) atoms. The minimum absolute atomic E-state index is 0.172. The quantitative estimate of drug-likeness (QED) is 0.861. The van der Waals surface area contributed by atoms with Gasteiger partial charge in [0.05, 0.1) is 5.92 Å². The summed E-state index contributed by atoms with van der Waals surface area (Å²) in [5, 5.41) is 9.84. The molecular formula is C22H29FN2O3. The zero-order chi connectivity index (χ0) is 19.7. The fraction of sp³-hybridized carbons (Fsp3) is 0.636. The SMILES string of the molecule is O=C(O)C1CN(Cc2ccccc2F)CC12CCN(C(=O)C1CCCC1)CC2. The number of nitrogens with zero attached hydrogens (tertiary/aromatic N) is 2. The monoisotopic (exact) mass is 388 g/mol. The standard InChI is InChI=1S/C22H29FN2O3/c23-19-8-4-3-7-17(19)13-24-14-18(21(27)28)22(15-24)9-11-25(12-10-22)20(26)16-5-1-2-6-16/h3-4,7-8,16,18H,1-2,5-6,9-15H2,(H,27,28). The van der Waals surface area contributed by atoms with Gasteiger partial charge in [-0.2, -0.15) is 0 Å². The van der Waals surface area contributed by atoms with Crippen molar-refractivity contribution in [2.75, 3.05) is 26.2 Å². The summed E-state index contributed by atoms with van der Waals surface area (Å²) in [5.74, 6) is -1.03. The Bertz CT molecular complexity index is 739. The Labute approximate surface area is 165 Å². The number of carbonyl (C=O) groups excluding carboxylic acids is 1. The molecule has 1 aliphatic carbocycles. The van der Waals surface area contributed by atoms with Crippen LogP contribution in [0.4, 0.5) is 4.39 Å². The average Bonchev–Trinajstić information content (AvgIpc) is 3.33. The van der Waals surface area contributed by atoms with Crippen LogP contribution >= 0.6 is 0 Å². The Kier molecular flexibility index (Phi) is 5.41. The lowest BCUT2D eigenvalue weighted by molar-refractivity contribution is -0.147. The molecule has 3 fully saturated rings. The van der Waals surface area contributed by atoms with E-state index < -0.39 is 11.9 Å². The molecular weight excluding hydrogens is 359 g/mol. The maximum atomic E-state index is 14.0. The maximum Gasteiger partial charge on any atom is 0.308 e. The van der Waals surface area contributed by atoms with E-state index in [9.17, 15) is 19.1 Å². The summed E-state index contributed by atoms with van der Waals surface area (Å²) in [7, 11) is 0. The molecule has 2 heterocycles. The molecule has 2 saturated heterocycles. The minimum atomic E-state index is -0.772. The van der Waals surface area contributed by atoms with Gasteiger partial charge in [-0.25, -0.2) is 4.39 Å². The molecule has 6 heteroatoms. The Morgan fingerprint density at radius 1 is 1.14 bits per heavy atom. The maximum absolute atomic E-state index is 14.0. The van der Waals surface area contributed by atoms with Crippen LogP contribution in [0, 0.1) is 23.1 Å². The summed E-state index contributed by atoms with van der Waals surface area (Å²) >= 11 is 0. The van der Waals surface area contributed by atoms with Crippen LogP contribution in [0.5, 0.6) is 0 Å². The van der Waals surface area contributed by atoms with Gasteiger partial charge in [-0.1, -0.05) is 31.0 Å². The Balaban J connectivity index is 1.43. The second-order valence-electron chi connectivity index (χ2n) is 8.82. The first-order valence-electron chi connectivity index (χ1n) is 10.5. The number of benzene rings is 1. The molecule has 0 radical (unpaired) electrons. The van der Waals surface area contributed by atoms with Crippen LogP contribution in [0.3, 0.4) is 0 Å². The number of amides is 1. The van der Waals surface area contributed by atoms with Crippen LogP contribution in [-0.2, 0) is 16.1 Å². The summed E-state index contributed by atoms with van der Waals surface area (Å²) in [5.41, 5.74) is 0.293. The zero-order valence-electron chi connectivity index (χ0n) is 16.3. The van der Waals surface area contributed by atoms with E-state index in [-0.39, 0.29) is 23.1 Å². The number of rotatable bonds is 4. The number of piperidine rings is 1. The number of halogens is 1. The van der Waals surface area contributed by atoms with Crippen molar-refractivity contribution in [3.63, 3.8) is 0 Å². The molecule has 1 unspecified atom stereocenters. The van der Waals surface area contributed by atoms with Crippen molar-refractivity contribution in [1.29, 1.82) is 0 Å². The van der Waals surface area contributed by atoms with Gasteiger partial charge in [-0.15, -0.1) is 0 Å². The van der Waals surface area contributed by atoms with E-state index in [1.807, 2.05) is 11.0 Å². The molecule has 1 amide bonds. The van der Waals surface area contributed by atoms with E-state index >= 15 is 0 Å². The van der Waals surface area contributed by atoms with E-state index in [0.29, 0.717) is 38.3 Å². The largest absolute Gasteiger partial charge is 0.481 e. The minimum Gasteiger partial charge on any atom is -0.481 e. The molecule has 5 nitrogen and oxygen atoms in total. The van der Waals surface area contributed by atoms with Crippen LogP contribution in [0.2, 0.25) is 0 Å². The fourth-order valence-electron chi connectivity index (χ4n) is 5.51. The highest BCUT2D eigenvalue weighted by Gasteiger charge is 2.51. The molecule has 1 N–H and O–H groups in total. The summed E-state index contributed by atoms with van der Waals surface area (Å²) in [6, 6.07) is 6.69. The van der Waals surface area contributed by atoms with Gasteiger partial charge in [0.2, 0.25) is 5.91 Å². The zero-order valence-corrected chi connectivity index (χ0v) is 16.3. The number of hydrogen-bond acceptors (Lipinski definition) is 3. The van der Waals surface area contributed by atoms with Crippen LogP contribution in [-0.4, -0.2) is 53.0 Å². The van der Waals surface area contributed by atoms with Gasteiger partial charge in [0, 0.05) is 49.6 Å². The van der Waals surface area contributed by atoms with Crippen molar-refractivity contribution >= 4 is 11.9 Å². The number of carbonyl (C=O) groups is 2. The predicted molar refractivity (Wildman–Crippen MR) is 103 cm³/mol. The lowest BCUT2D eigenvalue weighted by Gasteiger charge is -2.42. The Morgan fingerprint density at radius 3 is 2.46 bits per heavy atom. The third kappa shape index (κ3) is 3.66. The van der Waals surface area contributed by atoms with Crippen molar-refractivity contribution < 1.29 is 19.1 Å². The van der Waals surface area contributed by atoms with Gasteiger partial charge in [-0.3, -0.25) is 14.5 Å². The molecule has 1 aromatic carbocycles. The normalized spacial score (nSPS) is 25.5. The summed E-state index contributed by atoms with van der Waals surface area (Å²) in [6.45, 7) is 2.83. The molecule has 1 saturated carbocycles. The molecule has 1 atom stereocenters. The molecule has 152 valence electrons. The highest BCUT2D eigenvalue weighted by atomic mass is 19.1. The van der Waals surface area contributed by atoms with Crippen LogP contribution < -0.4 is 0 Å². The van der Waals surface area contributed by atoms with Crippen LogP contribution in [0.1, 0.15) is 44.1 Å². The summed E-state index contributed by atoms with van der Waals surface area (Å²) < 4.78 is 14.0. The van der Waals surface area contributed by atoms with Gasteiger partial charge >= 0.3 is 5.97 Å². The van der Waals surface area contributed by atoms with E-state index in [1.165, 1.54) is 6.07 Å². The number of carboxylic acids is 1. The molecule has 1 spiro atoms. The Hall–Kier alpha value is -1.95. The predicted octanol–water partition coefficient (Wildman–Crippen LogP) is 3.14. The highest BCUT2D eigenvalue weighted by molar-refractivity contribution is 5.79. The van der Waals surface area contributed by atoms with E-state index in [0.717, 1.165) is 38.5 Å². The molecule has 3 aliphatic rings. The molecule has 0 bridgehead atoms. The van der Waals surface area contributed by atoms with E-state index in [1.54, 1.807) is 12.1 Å². The number of aliphatic carboxylic acids is 1. The van der Waals surface area contributed by atoms with Crippen molar-refractivity contribution in [1.82, 2.24) is 9.80 Å². The first-order valence-corrected chi connectivity index (χ1v) is 10.5. The van der Waals surface area contributed by atoms with Crippen molar-refractivity contribution in [3.05, 3.63) is 35.6 Å². The lowest BCUT2D eigenvalue weighted by atomic mass is 9.70. The van der Waals surface area contributed by atoms with Gasteiger partial charge in [0.1, 0.15) is 5.82 Å². The summed E-state index contributed by atoms with van der Waals surface area (Å²) in [6.07, 6.45) is 5.70. The van der Waals surface area contributed by atoms with E-state index in [2.05, 4.69) is 4.90 Å².